The van der Waals surface area contributed by atoms with Crippen molar-refractivity contribution < 1.29 is 10.1 Å². The van der Waals surface area contributed by atoms with Crippen LogP contribution in [0, 0.1) is 0 Å². The Labute approximate surface area is 139 Å². The number of aromatic nitrogens is 1. The van der Waals surface area contributed by atoms with Crippen LogP contribution in [0.15, 0.2) is 58.4 Å². The van der Waals surface area contributed by atoms with Crippen LogP contribution in [-0.4, -0.2) is 12.1 Å². The van der Waals surface area contributed by atoms with E-state index in [9.17, 15) is 0 Å². The third-order valence-electron chi connectivity index (χ3n) is 4.36. The smallest absolute Gasteiger partial charge is 0.144 e. The van der Waals surface area contributed by atoms with E-state index in [0.717, 1.165) is 32.7 Å². The third kappa shape index (κ3) is 2.51. The first kappa shape index (κ1) is 14.7. The minimum absolute atomic E-state index is 0.829. The van der Waals surface area contributed by atoms with Gasteiger partial charge < -0.3 is 9.72 Å². The molecule has 120 valence electrons. The Balaban J connectivity index is 1.88. The number of hydrogen-bond donors (Lipinski definition) is 2. The zero-order valence-corrected chi connectivity index (χ0v) is 14.1. The van der Waals surface area contributed by atoms with E-state index in [1.54, 1.807) is 7.11 Å². The highest BCUT2D eigenvalue weighted by atomic mass is 16.5. The second-order valence-corrected chi connectivity index (χ2v) is 6.18. The molecule has 0 aliphatic carbocycles. The number of methoxy groups -OCH3 is 1. The first-order valence-electron chi connectivity index (χ1n) is 8.02. The zero-order valence-electron chi connectivity index (χ0n) is 14.1. The van der Waals surface area contributed by atoms with Gasteiger partial charge in [-0.2, -0.15) is 0 Å². The molecular formula is C20H20N3O+. The number of ether oxygens (including phenoxy) is 1. The molecule has 4 nitrogen and oxygen atoms in total. The predicted molar refractivity (Wildman–Crippen MR) is 94.5 cm³/mol. The van der Waals surface area contributed by atoms with Crippen molar-refractivity contribution >= 4 is 17.8 Å². The van der Waals surface area contributed by atoms with E-state index in [2.05, 4.69) is 48.4 Å². The Morgan fingerprint density at radius 3 is 2.71 bits per heavy atom. The molecule has 0 unspecified atom stereocenters. The molecule has 0 fully saturated rings. The lowest BCUT2D eigenvalue weighted by Gasteiger charge is -1.96. The topological polar surface area (TPSA) is 54.0 Å². The molecule has 3 heterocycles. The van der Waals surface area contributed by atoms with E-state index in [-0.39, 0.29) is 0 Å². The molecule has 0 amide bonds. The first-order valence-corrected chi connectivity index (χ1v) is 8.02. The molecule has 2 aliphatic rings. The molecule has 2 aliphatic heterocycles. The van der Waals surface area contributed by atoms with E-state index < -0.39 is 0 Å². The van der Waals surface area contributed by atoms with Crippen molar-refractivity contribution in [3.8, 4) is 5.75 Å². The molecular weight excluding hydrogens is 298 g/mol. The van der Waals surface area contributed by atoms with Gasteiger partial charge >= 0.3 is 0 Å². The fourth-order valence-corrected chi connectivity index (χ4v) is 3.16. The SMILES string of the molecule is COc1c/c(=C2\C=c3ccccc3=N2)[nH]/c1=C\C1=C(C)C=C(C)[NH2+]1. The normalized spacial score (nSPS) is 19.1. The summed E-state index contributed by atoms with van der Waals surface area (Å²) in [4.78, 5) is 8.15. The number of nitrogens with one attached hydrogen (secondary N) is 1. The van der Waals surface area contributed by atoms with E-state index in [1.807, 2.05) is 24.3 Å². The molecule has 0 radical (unpaired) electrons. The van der Waals surface area contributed by atoms with Crippen LogP contribution in [-0.2, 0) is 0 Å². The lowest BCUT2D eigenvalue weighted by atomic mass is 10.2. The number of nitrogens with zero attached hydrogens (tertiary/aromatic N) is 1. The monoisotopic (exact) mass is 318 g/mol. The average Bonchev–Trinajstić information content (AvgIpc) is 3.24. The molecule has 4 heteroatoms. The number of para-hydroxylation sites is 1. The Morgan fingerprint density at radius 1 is 1.17 bits per heavy atom. The molecule has 4 rings (SSSR count). The maximum atomic E-state index is 5.55. The van der Waals surface area contributed by atoms with Crippen molar-refractivity contribution in [1.29, 1.82) is 0 Å². The van der Waals surface area contributed by atoms with Crippen molar-refractivity contribution in [2.75, 3.05) is 7.11 Å². The van der Waals surface area contributed by atoms with Gasteiger partial charge in [0.25, 0.3) is 0 Å². The van der Waals surface area contributed by atoms with Crippen LogP contribution in [0.4, 0.5) is 0 Å². The number of hydrogen-bond acceptors (Lipinski definition) is 2. The predicted octanol–water partition coefficient (Wildman–Crippen LogP) is -0.219. The molecule has 1 aromatic carbocycles. The van der Waals surface area contributed by atoms with E-state index in [4.69, 9.17) is 9.73 Å². The van der Waals surface area contributed by atoms with E-state index in [1.165, 1.54) is 17.0 Å². The maximum Gasteiger partial charge on any atom is 0.144 e. The van der Waals surface area contributed by atoms with Gasteiger partial charge in [0.1, 0.15) is 17.1 Å². The van der Waals surface area contributed by atoms with Crippen LogP contribution in [0.25, 0.3) is 17.8 Å². The van der Waals surface area contributed by atoms with Crippen molar-refractivity contribution in [3.05, 3.63) is 74.6 Å². The maximum absolute atomic E-state index is 5.55. The fourth-order valence-electron chi connectivity index (χ4n) is 3.16. The van der Waals surface area contributed by atoms with Crippen LogP contribution in [0.2, 0.25) is 0 Å². The van der Waals surface area contributed by atoms with Gasteiger partial charge in [0, 0.05) is 35.9 Å². The van der Waals surface area contributed by atoms with Crippen molar-refractivity contribution in [2.24, 2.45) is 4.99 Å². The minimum Gasteiger partial charge on any atom is -0.494 e. The lowest BCUT2D eigenvalue weighted by Crippen LogP contribution is -2.77. The van der Waals surface area contributed by atoms with Gasteiger partial charge in [0.05, 0.1) is 28.9 Å². The number of allylic oxidation sites excluding steroid dienone is 4. The number of rotatable bonds is 2. The molecule has 0 spiro atoms. The summed E-state index contributed by atoms with van der Waals surface area (Å²) in [6, 6.07) is 10.2. The van der Waals surface area contributed by atoms with Crippen LogP contribution in [0.1, 0.15) is 13.8 Å². The Kier molecular flexibility index (Phi) is 3.47. The average molecular weight is 318 g/mol. The zero-order chi connectivity index (χ0) is 16.7. The molecule has 0 saturated carbocycles. The lowest BCUT2D eigenvalue weighted by molar-refractivity contribution is -0.543. The number of fused-ring (bicyclic) bond motifs is 1. The van der Waals surface area contributed by atoms with Crippen molar-refractivity contribution in [2.45, 2.75) is 13.8 Å². The summed E-state index contributed by atoms with van der Waals surface area (Å²) in [5, 5.41) is 6.27. The summed E-state index contributed by atoms with van der Waals surface area (Å²) in [5.41, 5.74) is 4.68. The highest BCUT2D eigenvalue weighted by Gasteiger charge is 2.13. The summed E-state index contributed by atoms with van der Waals surface area (Å²) in [6.45, 7) is 4.24. The molecule has 3 N–H and O–H groups in total. The van der Waals surface area contributed by atoms with Crippen LogP contribution < -0.4 is 31.3 Å². The molecule has 0 saturated heterocycles. The fraction of sp³-hybridized carbons (Fsp3) is 0.150. The minimum atomic E-state index is 0.829. The molecule has 0 atom stereocenters. The standard InChI is InChI=1S/C20H19N3O/c1-12-8-13(2)21-16(12)10-19-20(24-3)11-18(23-19)17-9-14-6-4-5-7-15(14)22-17/h4-11,21,23H,1-3H3/p+1/b18-17-,19-10-. The molecule has 24 heavy (non-hydrogen) atoms. The second-order valence-electron chi connectivity index (χ2n) is 6.18. The van der Waals surface area contributed by atoms with Crippen LogP contribution >= 0.6 is 0 Å². The quantitative estimate of drug-likeness (QED) is 0.790. The number of aromatic amines is 1. The summed E-state index contributed by atoms with van der Waals surface area (Å²) in [6.07, 6.45) is 6.42. The highest BCUT2D eigenvalue weighted by molar-refractivity contribution is 5.76. The van der Waals surface area contributed by atoms with E-state index >= 15 is 0 Å². The Morgan fingerprint density at radius 2 is 2.00 bits per heavy atom. The van der Waals surface area contributed by atoms with Gasteiger partial charge in [-0.25, -0.2) is 4.99 Å². The summed E-state index contributed by atoms with van der Waals surface area (Å²) in [5.74, 6) is 0.829. The van der Waals surface area contributed by atoms with Crippen molar-refractivity contribution in [1.82, 2.24) is 4.98 Å². The van der Waals surface area contributed by atoms with Gasteiger partial charge in [-0.05, 0) is 19.1 Å². The summed E-state index contributed by atoms with van der Waals surface area (Å²) >= 11 is 0. The third-order valence-corrected chi connectivity index (χ3v) is 4.36. The van der Waals surface area contributed by atoms with E-state index in [0.29, 0.717) is 0 Å². The van der Waals surface area contributed by atoms with Gasteiger partial charge in [-0.3, -0.25) is 5.32 Å². The number of nitrogens with two attached hydrogens (primary N) is 1. The van der Waals surface area contributed by atoms with Gasteiger partial charge in [0.15, 0.2) is 0 Å². The second kappa shape index (κ2) is 5.65. The molecule has 1 aromatic heterocycles. The highest BCUT2D eigenvalue weighted by Crippen LogP contribution is 2.09. The number of benzene rings is 1. The molecule has 0 bridgehead atoms. The van der Waals surface area contributed by atoms with Crippen LogP contribution in [0.3, 0.4) is 0 Å². The number of H-pyrrole nitrogens is 1. The largest absolute Gasteiger partial charge is 0.494 e. The van der Waals surface area contributed by atoms with Gasteiger partial charge in [-0.1, -0.05) is 18.2 Å². The van der Waals surface area contributed by atoms with Crippen molar-refractivity contribution in [3.63, 3.8) is 0 Å². The van der Waals surface area contributed by atoms with Crippen LogP contribution in [0.5, 0.6) is 5.75 Å². The summed E-state index contributed by atoms with van der Waals surface area (Å²) in [7, 11) is 1.70. The Hall–Kier alpha value is -2.85. The Bertz CT molecular complexity index is 1090. The van der Waals surface area contributed by atoms with Gasteiger partial charge in [0.2, 0.25) is 0 Å². The van der Waals surface area contributed by atoms with Gasteiger partial charge in [-0.15, -0.1) is 0 Å². The summed E-state index contributed by atoms with van der Waals surface area (Å²) < 4.78 is 5.55. The molecule has 2 aromatic rings. The number of quaternary nitrogens is 1. The first-order chi connectivity index (χ1) is 11.6.